The van der Waals surface area contributed by atoms with Gasteiger partial charge in [0.05, 0.1) is 11.5 Å². The Labute approximate surface area is 312 Å². The Morgan fingerprint density at radius 2 is 0.887 bits per heavy atom. The van der Waals surface area contributed by atoms with Crippen LogP contribution < -0.4 is 4.90 Å². The molecule has 1 aliphatic carbocycles. The van der Waals surface area contributed by atoms with Crippen LogP contribution in [0.3, 0.4) is 0 Å². The van der Waals surface area contributed by atoms with E-state index in [1.165, 1.54) is 71.5 Å². The van der Waals surface area contributed by atoms with Gasteiger partial charge in [-0.1, -0.05) is 190 Å². The molecular formula is C52H41N. The second kappa shape index (κ2) is 12.2. The number of fused-ring (bicyclic) bond motifs is 8. The third-order valence-corrected chi connectivity index (χ3v) is 12.2. The molecule has 2 unspecified atom stereocenters. The highest BCUT2D eigenvalue weighted by molar-refractivity contribution is 6.26. The molecule has 0 spiro atoms. The number of anilines is 2. The lowest BCUT2D eigenvalue weighted by Gasteiger charge is -2.52. The highest BCUT2D eigenvalue weighted by atomic mass is 15.2. The van der Waals surface area contributed by atoms with Crippen LogP contribution in [0, 0.1) is 5.92 Å². The molecule has 8 aromatic rings. The maximum Gasteiger partial charge on any atom is 0.0699 e. The Kier molecular flexibility index (Phi) is 7.27. The van der Waals surface area contributed by atoms with Crippen LogP contribution in [-0.2, 0) is 10.8 Å². The summed E-state index contributed by atoms with van der Waals surface area (Å²) in [6.07, 6.45) is 7.59. The van der Waals surface area contributed by atoms with Crippen molar-refractivity contribution in [1.29, 1.82) is 0 Å². The van der Waals surface area contributed by atoms with E-state index in [0.717, 1.165) is 0 Å². The topological polar surface area (TPSA) is 3.24 Å². The van der Waals surface area contributed by atoms with E-state index in [0.29, 0.717) is 0 Å². The molecule has 10 rings (SSSR count). The van der Waals surface area contributed by atoms with Gasteiger partial charge in [-0.15, -0.1) is 0 Å². The fraction of sp³-hybridized carbons (Fsp3) is 0.115. The summed E-state index contributed by atoms with van der Waals surface area (Å²) in [5.41, 5.74) is 8.28. The maximum atomic E-state index is 2.64. The van der Waals surface area contributed by atoms with Crippen molar-refractivity contribution in [3.63, 3.8) is 0 Å². The van der Waals surface area contributed by atoms with Gasteiger partial charge >= 0.3 is 0 Å². The summed E-state index contributed by atoms with van der Waals surface area (Å²) in [5, 5.41) is 7.85. The monoisotopic (exact) mass is 679 g/mol. The van der Waals surface area contributed by atoms with Crippen molar-refractivity contribution in [3.8, 4) is 0 Å². The summed E-state index contributed by atoms with van der Waals surface area (Å²) in [7, 11) is 0. The molecule has 1 heterocycles. The fourth-order valence-corrected chi connectivity index (χ4v) is 9.78. The molecule has 0 fully saturated rings. The van der Waals surface area contributed by atoms with Crippen molar-refractivity contribution in [2.45, 2.75) is 30.7 Å². The minimum atomic E-state index is -0.517. The molecule has 2 aliphatic rings. The van der Waals surface area contributed by atoms with Crippen molar-refractivity contribution in [3.05, 3.63) is 228 Å². The lowest BCUT2D eigenvalue weighted by Crippen LogP contribution is -2.51. The summed E-state index contributed by atoms with van der Waals surface area (Å²) < 4.78 is 0. The van der Waals surface area contributed by atoms with Crippen molar-refractivity contribution >= 4 is 43.7 Å². The largest absolute Gasteiger partial charge is 0.334 e. The number of hydrogen-bond donors (Lipinski definition) is 0. The van der Waals surface area contributed by atoms with Crippen molar-refractivity contribution in [2.75, 3.05) is 4.90 Å². The maximum absolute atomic E-state index is 2.64. The van der Waals surface area contributed by atoms with E-state index in [2.05, 4.69) is 219 Å². The van der Waals surface area contributed by atoms with Crippen LogP contribution in [0.15, 0.2) is 206 Å². The average molecular weight is 680 g/mol. The third-order valence-electron chi connectivity index (χ3n) is 12.2. The zero-order valence-corrected chi connectivity index (χ0v) is 30.2. The number of benzene rings is 8. The third kappa shape index (κ3) is 4.70. The number of hydrogen-bond acceptors (Lipinski definition) is 1. The van der Waals surface area contributed by atoms with E-state index in [-0.39, 0.29) is 17.4 Å². The Morgan fingerprint density at radius 3 is 1.38 bits per heavy atom. The SMILES string of the molecule is CC1(C)c2cc3c4ccccc4c4ccccc4c3cc2N(c2ccccc2)C2C=C(C(c3ccccc3)(c3ccccc3)c3ccccc3)C=CC21. The highest BCUT2D eigenvalue weighted by Gasteiger charge is 2.48. The molecule has 1 nitrogen and oxygen atoms in total. The van der Waals surface area contributed by atoms with Gasteiger partial charge in [0, 0.05) is 22.7 Å². The number of nitrogens with zero attached hydrogens (tertiary/aromatic N) is 1. The first-order chi connectivity index (χ1) is 26.1. The summed E-state index contributed by atoms with van der Waals surface area (Å²) in [6, 6.07) is 67.3. The first kappa shape index (κ1) is 31.5. The van der Waals surface area contributed by atoms with Gasteiger partial charge in [-0.2, -0.15) is 0 Å². The molecule has 53 heavy (non-hydrogen) atoms. The van der Waals surface area contributed by atoms with Gasteiger partial charge in [-0.3, -0.25) is 0 Å². The van der Waals surface area contributed by atoms with Gasteiger partial charge in [0.25, 0.3) is 0 Å². The first-order valence-electron chi connectivity index (χ1n) is 18.9. The highest BCUT2D eigenvalue weighted by Crippen LogP contribution is 2.55. The van der Waals surface area contributed by atoms with Gasteiger partial charge in [0.15, 0.2) is 0 Å². The van der Waals surface area contributed by atoms with Crippen LogP contribution >= 0.6 is 0 Å². The molecule has 2 atom stereocenters. The first-order valence-corrected chi connectivity index (χ1v) is 18.9. The summed E-state index contributed by atoms with van der Waals surface area (Å²) in [4.78, 5) is 2.64. The Bertz CT molecular complexity index is 2590. The second-order valence-corrected chi connectivity index (χ2v) is 15.3. The summed E-state index contributed by atoms with van der Waals surface area (Å²) >= 11 is 0. The van der Waals surface area contributed by atoms with E-state index in [9.17, 15) is 0 Å². The number of para-hydroxylation sites is 1. The van der Waals surface area contributed by atoms with Crippen LogP contribution in [0.1, 0.15) is 36.1 Å². The molecule has 0 bridgehead atoms. The average Bonchev–Trinajstić information content (AvgIpc) is 3.22. The lowest BCUT2D eigenvalue weighted by atomic mass is 9.59. The Balaban J connectivity index is 1.28. The standard InChI is InChI=1S/C52H41N/c1-51(2)47-32-31-39(52(36-19-7-3-8-20-36,37-21-9-4-10-22-37)38-23-11-5-12-24-38)33-49(47)53(40-25-13-6-14-26-40)50-35-46-44-30-18-16-28-42(44)41-27-15-17-29-43(41)45(46)34-48(50)51/h3-35,47,49H,1-2H3. The van der Waals surface area contributed by atoms with Gasteiger partial charge in [-0.05, 0) is 84.4 Å². The molecular weight excluding hydrogens is 639 g/mol. The molecule has 0 saturated carbocycles. The van der Waals surface area contributed by atoms with Crippen LogP contribution in [0.5, 0.6) is 0 Å². The summed E-state index contributed by atoms with van der Waals surface area (Å²) in [5.74, 6) is 0.225. The minimum absolute atomic E-state index is 0.0691. The minimum Gasteiger partial charge on any atom is -0.334 e. The molecule has 0 radical (unpaired) electrons. The molecule has 0 amide bonds. The van der Waals surface area contributed by atoms with Crippen LogP contribution in [0.2, 0.25) is 0 Å². The van der Waals surface area contributed by atoms with E-state index in [1.807, 2.05) is 0 Å². The van der Waals surface area contributed by atoms with Gasteiger partial charge in [0.2, 0.25) is 0 Å². The van der Waals surface area contributed by atoms with Crippen molar-refractivity contribution in [2.24, 2.45) is 5.92 Å². The van der Waals surface area contributed by atoms with Crippen molar-refractivity contribution < 1.29 is 0 Å². The van der Waals surface area contributed by atoms with Crippen LogP contribution in [-0.4, -0.2) is 6.04 Å². The smallest absolute Gasteiger partial charge is 0.0699 e. The Morgan fingerprint density at radius 1 is 0.472 bits per heavy atom. The van der Waals surface area contributed by atoms with Crippen molar-refractivity contribution in [1.82, 2.24) is 0 Å². The molecule has 0 saturated heterocycles. The van der Waals surface area contributed by atoms with Gasteiger partial charge < -0.3 is 4.90 Å². The van der Waals surface area contributed by atoms with Gasteiger partial charge in [0.1, 0.15) is 0 Å². The number of allylic oxidation sites excluding steroid dienone is 2. The Hall–Kier alpha value is -6.18. The molecule has 0 N–H and O–H groups in total. The van der Waals surface area contributed by atoms with E-state index >= 15 is 0 Å². The van der Waals surface area contributed by atoms with E-state index in [1.54, 1.807) is 0 Å². The van der Waals surface area contributed by atoms with Crippen LogP contribution in [0.4, 0.5) is 11.4 Å². The molecule has 254 valence electrons. The van der Waals surface area contributed by atoms with Crippen LogP contribution in [0.25, 0.3) is 32.3 Å². The normalized spacial score (nSPS) is 17.8. The number of rotatable bonds is 5. The molecule has 8 aromatic carbocycles. The zero-order valence-electron chi connectivity index (χ0n) is 30.2. The summed E-state index contributed by atoms with van der Waals surface area (Å²) in [6.45, 7) is 4.92. The quantitative estimate of drug-likeness (QED) is 0.129. The van der Waals surface area contributed by atoms with E-state index in [4.69, 9.17) is 0 Å². The predicted molar refractivity (Wildman–Crippen MR) is 224 cm³/mol. The van der Waals surface area contributed by atoms with E-state index < -0.39 is 5.41 Å². The predicted octanol–water partition coefficient (Wildman–Crippen LogP) is 13.1. The lowest BCUT2D eigenvalue weighted by molar-refractivity contribution is 0.330. The fourth-order valence-electron chi connectivity index (χ4n) is 9.78. The second-order valence-electron chi connectivity index (χ2n) is 15.3. The molecule has 1 heteroatoms. The molecule has 0 aromatic heterocycles. The zero-order chi connectivity index (χ0) is 35.6. The van der Waals surface area contributed by atoms with Gasteiger partial charge in [-0.25, -0.2) is 0 Å². The molecule has 1 aliphatic heterocycles.